The van der Waals surface area contributed by atoms with E-state index in [0.29, 0.717) is 28.4 Å². The number of carbonyl (C=O) groups excluding carboxylic acids is 2. The van der Waals surface area contributed by atoms with Crippen LogP contribution in [0, 0.1) is 18.7 Å². The summed E-state index contributed by atoms with van der Waals surface area (Å²) in [5.74, 6) is -0.741. The van der Waals surface area contributed by atoms with Crippen molar-refractivity contribution in [2.24, 2.45) is 11.7 Å². The first kappa shape index (κ1) is 22.3. The lowest BCUT2D eigenvalue weighted by atomic mass is 10.1. The van der Waals surface area contributed by atoms with E-state index in [1.54, 1.807) is 38.1 Å². The summed E-state index contributed by atoms with van der Waals surface area (Å²) in [6.45, 7) is 3.52. The molecule has 0 unspecified atom stereocenters. The number of nitrogens with zero attached hydrogens (tertiary/aromatic N) is 4. The van der Waals surface area contributed by atoms with Crippen LogP contribution in [0.25, 0.3) is 22.7 Å². The molecule has 0 spiro atoms. The molecule has 0 bridgehead atoms. The molecule has 10 nitrogen and oxygen atoms in total. The molecule has 1 amide bonds. The molecule has 1 aromatic carbocycles. The predicted molar refractivity (Wildman–Crippen MR) is 114 cm³/mol. The van der Waals surface area contributed by atoms with Crippen LogP contribution in [0.3, 0.4) is 0 Å². The first-order valence-corrected chi connectivity index (χ1v) is 10.3. The molecule has 2 atom stereocenters. The van der Waals surface area contributed by atoms with Gasteiger partial charge in [-0.3, -0.25) is 14.7 Å². The van der Waals surface area contributed by atoms with E-state index < -0.39 is 29.9 Å². The quantitative estimate of drug-likeness (QED) is 0.534. The number of ether oxygens (including phenoxy) is 2. The van der Waals surface area contributed by atoms with Crippen LogP contribution in [-0.2, 0) is 14.3 Å². The topological polar surface area (TPSA) is 134 Å². The summed E-state index contributed by atoms with van der Waals surface area (Å²) in [5, 5.41) is 7.66. The molecule has 11 heteroatoms. The first-order valence-electron chi connectivity index (χ1n) is 10.3. The molecule has 1 fully saturated rings. The second-order valence-corrected chi connectivity index (χ2v) is 7.61. The molecule has 0 saturated carbocycles. The van der Waals surface area contributed by atoms with E-state index in [9.17, 15) is 14.0 Å². The number of benzene rings is 1. The fourth-order valence-corrected chi connectivity index (χ4v) is 3.22. The lowest BCUT2D eigenvalue weighted by Gasteiger charge is -2.15. The number of anilines is 1. The summed E-state index contributed by atoms with van der Waals surface area (Å²) in [7, 11) is 0. The van der Waals surface area contributed by atoms with Gasteiger partial charge in [0.15, 0.2) is 6.10 Å². The molecule has 1 aliphatic heterocycles. The van der Waals surface area contributed by atoms with Gasteiger partial charge >= 0.3 is 12.1 Å². The van der Waals surface area contributed by atoms with Gasteiger partial charge in [0.2, 0.25) is 5.89 Å². The minimum atomic E-state index is -0.653. The van der Waals surface area contributed by atoms with Gasteiger partial charge in [0.05, 0.1) is 18.2 Å². The third kappa shape index (κ3) is 4.82. The highest BCUT2D eigenvalue weighted by atomic mass is 19.1. The maximum atomic E-state index is 14.9. The molecule has 3 heterocycles. The minimum Gasteiger partial charge on any atom is -0.461 e. The van der Waals surface area contributed by atoms with E-state index in [-0.39, 0.29) is 25.6 Å². The van der Waals surface area contributed by atoms with Crippen LogP contribution in [-0.4, -0.2) is 53.0 Å². The van der Waals surface area contributed by atoms with Gasteiger partial charge in [0, 0.05) is 30.8 Å². The van der Waals surface area contributed by atoms with E-state index in [1.807, 2.05) is 0 Å². The molecule has 2 N–H and O–H groups in total. The Labute approximate surface area is 188 Å². The van der Waals surface area contributed by atoms with Gasteiger partial charge in [-0.1, -0.05) is 13.0 Å². The number of aromatic nitrogens is 3. The Morgan fingerprint density at radius 1 is 1.33 bits per heavy atom. The highest BCUT2D eigenvalue weighted by Crippen LogP contribution is 2.29. The molecule has 2 aromatic heterocycles. The molecule has 0 radical (unpaired) electrons. The summed E-state index contributed by atoms with van der Waals surface area (Å²) < 4.78 is 30.6. The van der Waals surface area contributed by atoms with Crippen molar-refractivity contribution in [3.8, 4) is 22.7 Å². The van der Waals surface area contributed by atoms with Crippen LogP contribution in [0.15, 0.2) is 40.9 Å². The Bertz CT molecular complexity index is 1170. The van der Waals surface area contributed by atoms with E-state index in [2.05, 4.69) is 15.2 Å². The van der Waals surface area contributed by atoms with E-state index in [0.717, 1.165) is 0 Å². The molecular weight excluding hydrogens is 433 g/mol. The monoisotopic (exact) mass is 455 g/mol. The fraction of sp³-hybridized carbons (Fsp3) is 0.318. The van der Waals surface area contributed by atoms with Crippen molar-refractivity contribution in [1.29, 1.82) is 0 Å². The number of halogens is 1. The van der Waals surface area contributed by atoms with Crippen molar-refractivity contribution in [3.63, 3.8) is 0 Å². The molecule has 1 saturated heterocycles. The first-order chi connectivity index (χ1) is 15.9. The molecule has 33 heavy (non-hydrogen) atoms. The van der Waals surface area contributed by atoms with Crippen molar-refractivity contribution >= 4 is 17.7 Å². The Morgan fingerprint density at radius 3 is 2.79 bits per heavy atom. The fourth-order valence-electron chi connectivity index (χ4n) is 3.22. The number of amides is 1. The number of cyclic esters (lactones) is 1. The Kier molecular flexibility index (Phi) is 6.31. The van der Waals surface area contributed by atoms with Crippen LogP contribution in [0.4, 0.5) is 14.9 Å². The highest BCUT2D eigenvalue weighted by molar-refractivity contribution is 5.90. The van der Waals surface area contributed by atoms with E-state index in [4.69, 9.17) is 19.6 Å². The lowest BCUT2D eigenvalue weighted by Crippen LogP contribution is -2.29. The van der Waals surface area contributed by atoms with Crippen LogP contribution >= 0.6 is 0 Å². The third-order valence-corrected chi connectivity index (χ3v) is 5.13. The summed E-state index contributed by atoms with van der Waals surface area (Å²) in [6, 6.07) is 7.76. The number of hydrogen-bond acceptors (Lipinski definition) is 9. The Balaban J connectivity index is 1.44. The summed E-state index contributed by atoms with van der Waals surface area (Å²) in [6.07, 6.45) is 0.208. The summed E-state index contributed by atoms with van der Waals surface area (Å²) in [5.41, 5.74) is 7.10. The van der Waals surface area contributed by atoms with Gasteiger partial charge in [-0.05, 0) is 24.3 Å². The Morgan fingerprint density at radius 2 is 2.15 bits per heavy atom. The third-order valence-electron chi connectivity index (χ3n) is 5.13. The molecule has 172 valence electrons. The zero-order valence-electron chi connectivity index (χ0n) is 18.0. The van der Waals surface area contributed by atoms with Gasteiger partial charge in [0.25, 0.3) is 5.89 Å². The highest BCUT2D eigenvalue weighted by Gasteiger charge is 2.34. The van der Waals surface area contributed by atoms with Crippen LogP contribution < -0.4 is 10.6 Å². The average Bonchev–Trinajstić information content (AvgIpc) is 3.42. The van der Waals surface area contributed by atoms with Crippen molar-refractivity contribution in [2.45, 2.75) is 20.0 Å². The number of pyridine rings is 1. The summed E-state index contributed by atoms with van der Waals surface area (Å²) >= 11 is 0. The van der Waals surface area contributed by atoms with Crippen molar-refractivity contribution in [1.82, 2.24) is 15.2 Å². The SMILES string of the molecule is Cc1nnc(-c2ccc(-c3ccc(N4C[C@H](COC(=O)[C@H](C)CN)OC4=O)cc3F)cn2)o1. The van der Waals surface area contributed by atoms with Crippen LogP contribution in [0.5, 0.6) is 0 Å². The number of nitrogens with two attached hydrogens (primary N) is 1. The number of aryl methyl sites for hydroxylation is 1. The van der Waals surface area contributed by atoms with Crippen LogP contribution in [0.1, 0.15) is 12.8 Å². The maximum absolute atomic E-state index is 14.9. The molecule has 4 rings (SSSR count). The van der Waals surface area contributed by atoms with Gasteiger partial charge in [-0.15, -0.1) is 10.2 Å². The van der Waals surface area contributed by atoms with Crippen LogP contribution in [0.2, 0.25) is 0 Å². The van der Waals surface area contributed by atoms with Crippen molar-refractivity contribution in [3.05, 3.63) is 48.2 Å². The molecule has 1 aliphatic rings. The summed E-state index contributed by atoms with van der Waals surface area (Å²) in [4.78, 5) is 29.6. The minimum absolute atomic E-state index is 0.0937. The second kappa shape index (κ2) is 9.33. The van der Waals surface area contributed by atoms with Gasteiger partial charge < -0.3 is 19.6 Å². The number of hydrogen-bond donors (Lipinski definition) is 1. The zero-order valence-corrected chi connectivity index (χ0v) is 18.0. The number of carbonyl (C=O) groups is 2. The maximum Gasteiger partial charge on any atom is 0.414 e. The average molecular weight is 455 g/mol. The number of rotatable bonds is 7. The molecule has 0 aliphatic carbocycles. The standard InChI is InChI=1S/C22H22FN5O5/c1-12(8-24)21(29)31-11-16-10-28(22(30)33-16)15-4-5-17(18(23)7-15)14-3-6-19(25-9-14)20-27-26-13(2)32-20/h3-7,9,12,16H,8,10-11,24H2,1-2H3/t12-,16-/m1/s1. The predicted octanol–water partition coefficient (Wildman–Crippen LogP) is 2.71. The lowest BCUT2D eigenvalue weighted by molar-refractivity contribution is -0.149. The van der Waals surface area contributed by atoms with Crippen molar-refractivity contribution in [2.75, 3.05) is 24.6 Å². The number of esters is 1. The van der Waals surface area contributed by atoms with Gasteiger partial charge in [0.1, 0.15) is 18.1 Å². The molecular formula is C22H22FN5O5. The second-order valence-electron chi connectivity index (χ2n) is 7.61. The normalized spacial score (nSPS) is 16.5. The zero-order chi connectivity index (χ0) is 23.5. The largest absolute Gasteiger partial charge is 0.461 e. The van der Waals surface area contributed by atoms with Gasteiger partial charge in [-0.2, -0.15) is 0 Å². The van der Waals surface area contributed by atoms with Crippen molar-refractivity contribution < 1.29 is 27.9 Å². The van der Waals surface area contributed by atoms with E-state index >= 15 is 0 Å². The Hall–Kier alpha value is -3.86. The van der Waals surface area contributed by atoms with E-state index in [1.165, 1.54) is 17.2 Å². The smallest absolute Gasteiger partial charge is 0.414 e. The molecule has 3 aromatic rings. The van der Waals surface area contributed by atoms with Gasteiger partial charge in [-0.25, -0.2) is 9.18 Å².